The van der Waals surface area contributed by atoms with Gasteiger partial charge in [-0.1, -0.05) is 62.4 Å². The van der Waals surface area contributed by atoms with Crippen LogP contribution >= 0.6 is 0 Å². The second kappa shape index (κ2) is 8.25. The van der Waals surface area contributed by atoms with Gasteiger partial charge in [0, 0.05) is 31.1 Å². The number of anilines is 1. The van der Waals surface area contributed by atoms with Crippen molar-refractivity contribution in [3.8, 4) is 0 Å². The van der Waals surface area contributed by atoms with Crippen LogP contribution in [0.4, 0.5) is 5.69 Å². The van der Waals surface area contributed by atoms with Gasteiger partial charge in [-0.2, -0.15) is 0 Å². The van der Waals surface area contributed by atoms with Crippen molar-refractivity contribution < 1.29 is 4.79 Å². The molecule has 1 atom stereocenters. The van der Waals surface area contributed by atoms with Crippen molar-refractivity contribution >= 4 is 22.6 Å². The van der Waals surface area contributed by atoms with E-state index in [4.69, 9.17) is 4.98 Å². The first-order valence-corrected chi connectivity index (χ1v) is 11.5. The molecule has 1 aliphatic carbocycles. The molecule has 0 unspecified atom stereocenters. The average Bonchev–Trinajstić information content (AvgIpc) is 3.34. The standard InChI is InChI=1S/C26H31N3O/c1-19-9-5-7-13-23(19)29-18-21(17-25(29)30)26-27-22-12-6-8-14-24(22)28(26)16-15-20-10-3-2-4-11-20/h5-9,12-14,20-21H,2-4,10-11,15-18H2,1H3/t21-/m0/s1. The number of benzene rings is 2. The molecule has 0 bridgehead atoms. The topological polar surface area (TPSA) is 38.1 Å². The van der Waals surface area contributed by atoms with E-state index in [9.17, 15) is 4.79 Å². The number of fused-ring (bicyclic) bond motifs is 1. The normalized spacial score (nSPS) is 20.4. The summed E-state index contributed by atoms with van der Waals surface area (Å²) < 4.78 is 2.42. The lowest BCUT2D eigenvalue weighted by Crippen LogP contribution is -2.25. The Morgan fingerprint density at radius 1 is 1.00 bits per heavy atom. The van der Waals surface area contributed by atoms with Crippen molar-refractivity contribution in [3.05, 3.63) is 59.9 Å². The van der Waals surface area contributed by atoms with E-state index in [2.05, 4.69) is 47.9 Å². The third-order valence-corrected chi connectivity index (χ3v) is 7.07. The Hall–Kier alpha value is -2.62. The van der Waals surface area contributed by atoms with Crippen LogP contribution in [-0.4, -0.2) is 22.0 Å². The minimum atomic E-state index is 0.149. The maximum Gasteiger partial charge on any atom is 0.227 e. The van der Waals surface area contributed by atoms with Gasteiger partial charge in [0.2, 0.25) is 5.91 Å². The fourth-order valence-corrected chi connectivity index (χ4v) is 5.41. The fraction of sp³-hybridized carbons (Fsp3) is 0.462. The van der Waals surface area contributed by atoms with Crippen LogP contribution in [0.3, 0.4) is 0 Å². The van der Waals surface area contributed by atoms with Crippen LogP contribution in [0.25, 0.3) is 11.0 Å². The second-order valence-corrected chi connectivity index (χ2v) is 9.09. The summed E-state index contributed by atoms with van der Waals surface area (Å²) in [6, 6.07) is 16.6. The number of imidazole rings is 1. The van der Waals surface area contributed by atoms with Crippen molar-refractivity contribution in [2.45, 2.75) is 64.3 Å². The third kappa shape index (κ3) is 3.64. The van der Waals surface area contributed by atoms with E-state index in [-0.39, 0.29) is 11.8 Å². The molecule has 1 amide bonds. The van der Waals surface area contributed by atoms with Crippen molar-refractivity contribution in [3.63, 3.8) is 0 Å². The molecule has 3 aromatic rings. The second-order valence-electron chi connectivity index (χ2n) is 9.09. The van der Waals surface area contributed by atoms with Gasteiger partial charge in [-0.3, -0.25) is 4.79 Å². The van der Waals surface area contributed by atoms with Crippen LogP contribution in [0.5, 0.6) is 0 Å². The first-order chi connectivity index (χ1) is 14.7. The molecule has 4 nitrogen and oxygen atoms in total. The summed E-state index contributed by atoms with van der Waals surface area (Å²) in [5.41, 5.74) is 4.45. The van der Waals surface area contributed by atoms with Crippen LogP contribution in [0.1, 0.15) is 62.3 Å². The maximum atomic E-state index is 12.9. The number of amides is 1. The zero-order valence-electron chi connectivity index (χ0n) is 17.9. The number of rotatable bonds is 5. The predicted octanol–water partition coefficient (Wildman–Crippen LogP) is 5.84. The van der Waals surface area contributed by atoms with Gasteiger partial charge in [0.05, 0.1) is 11.0 Å². The first-order valence-electron chi connectivity index (χ1n) is 11.5. The van der Waals surface area contributed by atoms with Crippen LogP contribution in [0, 0.1) is 12.8 Å². The van der Waals surface area contributed by atoms with Gasteiger partial charge < -0.3 is 9.47 Å². The number of aromatic nitrogens is 2. The highest BCUT2D eigenvalue weighted by molar-refractivity contribution is 5.97. The Morgan fingerprint density at radius 2 is 1.77 bits per heavy atom. The molecule has 30 heavy (non-hydrogen) atoms. The van der Waals surface area contributed by atoms with E-state index in [1.54, 1.807) is 0 Å². The summed E-state index contributed by atoms with van der Waals surface area (Å²) in [4.78, 5) is 19.9. The summed E-state index contributed by atoms with van der Waals surface area (Å²) in [6.45, 7) is 3.81. The summed E-state index contributed by atoms with van der Waals surface area (Å²) in [5, 5.41) is 0. The number of carbonyl (C=O) groups excluding carboxylic acids is 1. The zero-order chi connectivity index (χ0) is 20.5. The van der Waals surface area contributed by atoms with Crippen LogP contribution in [0.15, 0.2) is 48.5 Å². The number of aryl methyl sites for hydroxylation is 2. The van der Waals surface area contributed by atoms with Crippen molar-refractivity contribution in [2.24, 2.45) is 5.92 Å². The van der Waals surface area contributed by atoms with E-state index in [1.807, 2.05) is 17.0 Å². The Balaban J connectivity index is 1.43. The molecule has 2 aromatic carbocycles. The quantitative estimate of drug-likeness (QED) is 0.539. The summed E-state index contributed by atoms with van der Waals surface area (Å²) in [6.07, 6.45) is 8.65. The summed E-state index contributed by atoms with van der Waals surface area (Å²) >= 11 is 0. The lowest BCUT2D eigenvalue weighted by Gasteiger charge is -2.23. The first kappa shape index (κ1) is 19.3. The molecule has 2 heterocycles. The molecule has 1 aliphatic heterocycles. The van der Waals surface area contributed by atoms with Gasteiger partial charge in [0.15, 0.2) is 0 Å². The summed E-state index contributed by atoms with van der Waals surface area (Å²) in [5.74, 6) is 2.29. The van der Waals surface area contributed by atoms with Gasteiger partial charge in [-0.05, 0) is 43.0 Å². The zero-order valence-corrected chi connectivity index (χ0v) is 17.9. The molecule has 0 N–H and O–H groups in total. The lowest BCUT2D eigenvalue weighted by atomic mass is 9.87. The minimum Gasteiger partial charge on any atom is -0.328 e. The smallest absolute Gasteiger partial charge is 0.227 e. The monoisotopic (exact) mass is 401 g/mol. The molecule has 5 rings (SSSR count). The van der Waals surface area contributed by atoms with E-state index >= 15 is 0 Å². The molecule has 2 fully saturated rings. The largest absolute Gasteiger partial charge is 0.328 e. The number of nitrogens with zero attached hydrogens (tertiary/aromatic N) is 3. The number of hydrogen-bond donors (Lipinski definition) is 0. The molecule has 1 aromatic heterocycles. The third-order valence-electron chi connectivity index (χ3n) is 7.07. The number of para-hydroxylation sites is 3. The van der Waals surface area contributed by atoms with Crippen molar-refractivity contribution in [2.75, 3.05) is 11.4 Å². The highest BCUT2D eigenvalue weighted by atomic mass is 16.2. The average molecular weight is 402 g/mol. The maximum absolute atomic E-state index is 12.9. The van der Waals surface area contributed by atoms with Gasteiger partial charge in [0.1, 0.15) is 5.82 Å². The van der Waals surface area contributed by atoms with E-state index < -0.39 is 0 Å². The molecule has 0 radical (unpaired) electrons. The molecule has 156 valence electrons. The van der Waals surface area contributed by atoms with Crippen LogP contribution in [-0.2, 0) is 11.3 Å². The minimum absolute atomic E-state index is 0.149. The van der Waals surface area contributed by atoms with E-state index in [0.717, 1.165) is 41.6 Å². The van der Waals surface area contributed by atoms with Gasteiger partial charge in [-0.15, -0.1) is 0 Å². The summed E-state index contributed by atoms with van der Waals surface area (Å²) in [7, 11) is 0. The Bertz CT molecular complexity index is 1050. The molecular formula is C26H31N3O. The van der Waals surface area contributed by atoms with Crippen LogP contribution < -0.4 is 4.90 Å². The van der Waals surface area contributed by atoms with Gasteiger partial charge in [-0.25, -0.2) is 4.98 Å². The number of carbonyl (C=O) groups is 1. The number of hydrogen-bond acceptors (Lipinski definition) is 2. The lowest BCUT2D eigenvalue weighted by molar-refractivity contribution is -0.117. The molecule has 1 saturated carbocycles. The van der Waals surface area contributed by atoms with Crippen LogP contribution in [0.2, 0.25) is 0 Å². The SMILES string of the molecule is Cc1ccccc1N1C[C@@H](c2nc3ccccc3n2CCC2CCCCC2)CC1=O. The van der Waals surface area contributed by atoms with Crippen molar-refractivity contribution in [1.82, 2.24) is 9.55 Å². The van der Waals surface area contributed by atoms with Gasteiger partial charge >= 0.3 is 0 Å². The Morgan fingerprint density at radius 3 is 2.60 bits per heavy atom. The molecule has 4 heteroatoms. The Kier molecular flexibility index (Phi) is 5.32. The highest BCUT2D eigenvalue weighted by Gasteiger charge is 2.35. The molecule has 0 spiro atoms. The molecule has 1 saturated heterocycles. The fourth-order valence-electron chi connectivity index (χ4n) is 5.41. The van der Waals surface area contributed by atoms with E-state index in [0.29, 0.717) is 6.42 Å². The van der Waals surface area contributed by atoms with E-state index in [1.165, 1.54) is 44.0 Å². The molecular weight excluding hydrogens is 370 g/mol. The Labute approximate surface area is 178 Å². The van der Waals surface area contributed by atoms with Crippen molar-refractivity contribution in [1.29, 1.82) is 0 Å². The highest BCUT2D eigenvalue weighted by Crippen LogP contribution is 2.35. The van der Waals surface area contributed by atoms with Gasteiger partial charge in [0.25, 0.3) is 0 Å². The predicted molar refractivity (Wildman–Crippen MR) is 122 cm³/mol. The molecule has 2 aliphatic rings.